The monoisotopic (exact) mass is 306 g/mol. The van der Waals surface area contributed by atoms with Crippen LogP contribution in [0.2, 0.25) is 0 Å². The van der Waals surface area contributed by atoms with Crippen LogP contribution < -0.4 is 10.6 Å². The first-order valence-corrected chi connectivity index (χ1v) is 7.99. The van der Waals surface area contributed by atoms with E-state index < -0.39 is 11.7 Å². The minimum Gasteiger partial charge on any atom is -0.444 e. The molecule has 0 aliphatic rings. The number of carbonyl (C=O) groups excluding carboxylic acids is 1. The zero-order valence-electron chi connectivity index (χ0n) is 14.7. The van der Waals surface area contributed by atoms with Crippen LogP contribution in [-0.2, 0) is 11.2 Å². The van der Waals surface area contributed by atoms with Crippen LogP contribution in [0.3, 0.4) is 0 Å². The van der Waals surface area contributed by atoms with Crippen molar-refractivity contribution < 1.29 is 9.53 Å². The molecule has 1 aromatic carbocycles. The Labute approximate surface area is 134 Å². The van der Waals surface area contributed by atoms with Crippen LogP contribution in [0.15, 0.2) is 24.3 Å². The van der Waals surface area contributed by atoms with E-state index in [0.29, 0.717) is 12.0 Å². The van der Waals surface area contributed by atoms with E-state index in [1.807, 2.05) is 45.0 Å². The van der Waals surface area contributed by atoms with Gasteiger partial charge in [0.15, 0.2) is 0 Å². The lowest BCUT2D eigenvalue weighted by Gasteiger charge is -2.19. The number of nitrogens with one attached hydrogen (secondary N) is 2. The largest absolute Gasteiger partial charge is 0.444 e. The summed E-state index contributed by atoms with van der Waals surface area (Å²) in [7, 11) is 0. The van der Waals surface area contributed by atoms with Crippen molar-refractivity contribution in [1.29, 1.82) is 0 Å². The van der Waals surface area contributed by atoms with E-state index in [9.17, 15) is 4.79 Å². The predicted octanol–water partition coefficient (Wildman–Crippen LogP) is 4.21. The molecule has 0 aliphatic heterocycles. The van der Waals surface area contributed by atoms with Gasteiger partial charge in [0.2, 0.25) is 0 Å². The highest BCUT2D eigenvalue weighted by atomic mass is 16.6. The van der Waals surface area contributed by atoms with Crippen LogP contribution in [0.4, 0.5) is 10.5 Å². The van der Waals surface area contributed by atoms with Gasteiger partial charge in [-0.25, -0.2) is 4.79 Å². The fraction of sp³-hybridized carbons (Fsp3) is 0.611. The summed E-state index contributed by atoms with van der Waals surface area (Å²) >= 11 is 0. The number of hydrogen-bond donors (Lipinski definition) is 2. The van der Waals surface area contributed by atoms with Crippen molar-refractivity contribution in [2.45, 2.75) is 59.6 Å². The van der Waals surface area contributed by atoms with E-state index in [1.54, 1.807) is 0 Å². The Morgan fingerprint density at radius 1 is 1.14 bits per heavy atom. The van der Waals surface area contributed by atoms with Crippen molar-refractivity contribution in [1.82, 2.24) is 5.32 Å². The molecule has 0 fully saturated rings. The Morgan fingerprint density at radius 3 is 2.23 bits per heavy atom. The number of hydrogen-bond acceptors (Lipinski definition) is 3. The molecule has 0 bridgehead atoms. The van der Waals surface area contributed by atoms with Crippen molar-refractivity contribution in [3.63, 3.8) is 0 Å². The van der Waals surface area contributed by atoms with E-state index >= 15 is 0 Å². The lowest BCUT2D eigenvalue weighted by molar-refractivity contribution is 0.0636. The van der Waals surface area contributed by atoms with Crippen LogP contribution >= 0.6 is 0 Å². The number of rotatable bonds is 6. The van der Waals surface area contributed by atoms with Gasteiger partial charge in [0.05, 0.1) is 0 Å². The maximum Gasteiger partial charge on any atom is 0.412 e. The Hall–Kier alpha value is -1.55. The standard InChI is InChI=1S/C18H30N2O2/c1-13(2)14(3)19-12-11-15-7-9-16(10-8-15)20-17(21)22-18(4,5)6/h7-10,13-14,19H,11-12H2,1-6H3,(H,20,21). The van der Waals surface area contributed by atoms with Crippen LogP contribution in [-0.4, -0.2) is 24.3 Å². The quantitative estimate of drug-likeness (QED) is 0.827. The lowest BCUT2D eigenvalue weighted by atomic mass is 10.1. The minimum atomic E-state index is -0.483. The lowest BCUT2D eigenvalue weighted by Crippen LogP contribution is -2.32. The van der Waals surface area contributed by atoms with E-state index in [4.69, 9.17) is 4.74 Å². The van der Waals surface area contributed by atoms with Crippen molar-refractivity contribution in [2.24, 2.45) is 5.92 Å². The molecule has 0 radical (unpaired) electrons. The van der Waals surface area contributed by atoms with Gasteiger partial charge in [-0.3, -0.25) is 5.32 Å². The third kappa shape index (κ3) is 7.46. The second-order valence-electron chi connectivity index (χ2n) is 7.06. The Kier molecular flexibility index (Phi) is 6.88. The first-order chi connectivity index (χ1) is 10.2. The molecule has 2 N–H and O–H groups in total. The average molecular weight is 306 g/mol. The van der Waals surface area contributed by atoms with Crippen LogP contribution in [0.1, 0.15) is 47.1 Å². The average Bonchev–Trinajstić information content (AvgIpc) is 2.38. The molecule has 0 saturated carbocycles. The zero-order valence-corrected chi connectivity index (χ0v) is 14.7. The second-order valence-corrected chi connectivity index (χ2v) is 7.06. The number of anilines is 1. The summed E-state index contributed by atoms with van der Waals surface area (Å²) in [6, 6.07) is 8.41. The van der Waals surface area contributed by atoms with E-state index in [2.05, 4.69) is 31.4 Å². The molecular formula is C18H30N2O2. The summed E-state index contributed by atoms with van der Waals surface area (Å²) < 4.78 is 5.23. The van der Waals surface area contributed by atoms with Crippen molar-refractivity contribution in [3.05, 3.63) is 29.8 Å². The SMILES string of the molecule is CC(C)C(C)NCCc1ccc(NC(=O)OC(C)(C)C)cc1. The van der Waals surface area contributed by atoms with Gasteiger partial charge in [-0.2, -0.15) is 0 Å². The molecule has 1 rings (SSSR count). The molecule has 4 nitrogen and oxygen atoms in total. The smallest absolute Gasteiger partial charge is 0.412 e. The van der Waals surface area contributed by atoms with Crippen molar-refractivity contribution in [2.75, 3.05) is 11.9 Å². The van der Waals surface area contributed by atoms with Crippen molar-refractivity contribution >= 4 is 11.8 Å². The minimum absolute atomic E-state index is 0.423. The van der Waals surface area contributed by atoms with Crippen LogP contribution in [0.5, 0.6) is 0 Å². The molecule has 1 unspecified atom stereocenters. The summed E-state index contributed by atoms with van der Waals surface area (Å²) in [5.74, 6) is 0.639. The summed E-state index contributed by atoms with van der Waals surface area (Å²) in [6.07, 6.45) is 0.553. The van der Waals surface area contributed by atoms with E-state index in [-0.39, 0.29) is 0 Å². The van der Waals surface area contributed by atoms with Crippen LogP contribution in [0, 0.1) is 5.92 Å². The molecule has 0 saturated heterocycles. The molecule has 0 heterocycles. The molecule has 1 atom stereocenters. The predicted molar refractivity (Wildman–Crippen MR) is 92.3 cm³/mol. The van der Waals surface area contributed by atoms with Crippen LogP contribution in [0.25, 0.3) is 0 Å². The maximum atomic E-state index is 11.7. The molecule has 0 spiro atoms. The molecule has 1 amide bonds. The summed E-state index contributed by atoms with van der Waals surface area (Å²) in [6.45, 7) is 13.1. The van der Waals surface area contributed by atoms with Gasteiger partial charge in [0, 0.05) is 11.7 Å². The van der Waals surface area contributed by atoms with Gasteiger partial charge < -0.3 is 10.1 Å². The van der Waals surface area contributed by atoms with Gasteiger partial charge in [-0.05, 0) is 64.3 Å². The fourth-order valence-corrected chi connectivity index (χ4v) is 1.86. The van der Waals surface area contributed by atoms with Gasteiger partial charge in [-0.1, -0.05) is 26.0 Å². The number of carbonyl (C=O) groups is 1. The normalized spacial score (nSPS) is 13.0. The summed E-state index contributed by atoms with van der Waals surface area (Å²) in [5, 5.41) is 6.25. The van der Waals surface area contributed by atoms with E-state index in [1.165, 1.54) is 5.56 Å². The highest BCUT2D eigenvalue weighted by Crippen LogP contribution is 2.13. The van der Waals surface area contributed by atoms with Gasteiger partial charge >= 0.3 is 6.09 Å². The molecule has 1 aromatic rings. The summed E-state index contributed by atoms with van der Waals surface area (Å²) in [4.78, 5) is 11.7. The molecule has 0 aliphatic carbocycles. The highest BCUT2D eigenvalue weighted by molar-refractivity contribution is 5.84. The third-order valence-corrected chi connectivity index (χ3v) is 3.48. The highest BCUT2D eigenvalue weighted by Gasteiger charge is 2.16. The molecule has 22 heavy (non-hydrogen) atoms. The fourth-order valence-electron chi connectivity index (χ4n) is 1.86. The Morgan fingerprint density at radius 2 is 1.73 bits per heavy atom. The molecule has 124 valence electrons. The van der Waals surface area contributed by atoms with Gasteiger partial charge in [-0.15, -0.1) is 0 Å². The Balaban J connectivity index is 2.41. The van der Waals surface area contributed by atoms with Crippen molar-refractivity contribution in [3.8, 4) is 0 Å². The summed E-state index contributed by atoms with van der Waals surface area (Å²) in [5.41, 5.74) is 1.52. The second kappa shape index (κ2) is 8.18. The van der Waals surface area contributed by atoms with E-state index in [0.717, 1.165) is 18.7 Å². The molecular weight excluding hydrogens is 276 g/mol. The molecule has 4 heteroatoms. The number of ether oxygens (including phenoxy) is 1. The van der Waals surface area contributed by atoms with Gasteiger partial charge in [0.25, 0.3) is 0 Å². The Bertz CT molecular complexity index is 461. The molecule has 0 aromatic heterocycles. The first kappa shape index (κ1) is 18.5. The third-order valence-electron chi connectivity index (χ3n) is 3.48. The number of amides is 1. The van der Waals surface area contributed by atoms with Gasteiger partial charge in [0.1, 0.15) is 5.60 Å². The first-order valence-electron chi connectivity index (χ1n) is 7.99. The maximum absolute atomic E-state index is 11.7. The number of benzene rings is 1. The zero-order chi connectivity index (χ0) is 16.8. The topological polar surface area (TPSA) is 50.4 Å².